The minimum atomic E-state index is -0.273. The van der Waals surface area contributed by atoms with Crippen molar-refractivity contribution in [3.63, 3.8) is 0 Å². The molecule has 1 aliphatic rings. The maximum absolute atomic E-state index is 12.5. The highest BCUT2D eigenvalue weighted by Crippen LogP contribution is 2.18. The van der Waals surface area contributed by atoms with Crippen molar-refractivity contribution in [2.45, 2.75) is 31.8 Å². The summed E-state index contributed by atoms with van der Waals surface area (Å²) in [6, 6.07) is 13.8. The molecule has 28 heavy (non-hydrogen) atoms. The van der Waals surface area contributed by atoms with Gasteiger partial charge in [0.1, 0.15) is 0 Å². The van der Waals surface area contributed by atoms with Gasteiger partial charge in [-0.15, -0.1) is 0 Å². The van der Waals surface area contributed by atoms with Gasteiger partial charge in [-0.1, -0.05) is 30.3 Å². The van der Waals surface area contributed by atoms with Gasteiger partial charge in [-0.2, -0.15) is 0 Å². The van der Waals surface area contributed by atoms with Gasteiger partial charge in [-0.3, -0.25) is 4.79 Å². The van der Waals surface area contributed by atoms with Gasteiger partial charge in [0.15, 0.2) is 18.3 Å². The third kappa shape index (κ3) is 5.36. The van der Waals surface area contributed by atoms with Crippen LogP contribution in [0.2, 0.25) is 0 Å². The minimum absolute atomic E-state index is 0.0120. The molecule has 1 aromatic heterocycles. The van der Waals surface area contributed by atoms with Crippen LogP contribution in [0.25, 0.3) is 0 Å². The second kappa shape index (κ2) is 9.94. The molecular weight excluding hydrogens is 358 g/mol. The highest BCUT2D eigenvalue weighted by molar-refractivity contribution is 5.77. The van der Waals surface area contributed by atoms with E-state index in [1.807, 2.05) is 47.8 Å². The summed E-state index contributed by atoms with van der Waals surface area (Å²) >= 11 is 0. The van der Waals surface area contributed by atoms with Crippen LogP contribution < -0.4 is 10.6 Å². The molecule has 7 nitrogen and oxygen atoms in total. The van der Waals surface area contributed by atoms with Gasteiger partial charge in [0.25, 0.3) is 5.91 Å². The predicted octanol–water partition coefficient (Wildman–Crippen LogP) is 1.67. The number of nitrogens with two attached hydrogens (primary N) is 1. The molecule has 2 amide bonds. The Balaban J connectivity index is 1.49. The molecular formula is C21H28N3O4+. The average molecular weight is 386 g/mol. The average Bonchev–Trinajstić information content (AvgIpc) is 3.24. The smallest absolute Gasteiger partial charge is 0.409 e. The number of nitrogens with one attached hydrogen (secondary N) is 1. The Morgan fingerprint density at radius 2 is 1.96 bits per heavy atom. The minimum Gasteiger partial charge on any atom is -0.463 e. The number of benzene rings is 1. The number of piperidine rings is 1. The van der Waals surface area contributed by atoms with E-state index in [-0.39, 0.29) is 24.1 Å². The zero-order chi connectivity index (χ0) is 19.8. The van der Waals surface area contributed by atoms with E-state index in [0.717, 1.165) is 24.2 Å². The predicted molar refractivity (Wildman–Crippen MR) is 104 cm³/mol. The number of furan rings is 1. The molecule has 3 rings (SSSR count). The third-order valence-electron chi connectivity index (χ3n) is 4.93. The number of hydrogen-bond donors (Lipinski definition) is 2. The van der Waals surface area contributed by atoms with Crippen LogP contribution in [0.15, 0.2) is 53.1 Å². The number of hydrogen-bond acceptors (Lipinski definition) is 4. The van der Waals surface area contributed by atoms with Crippen molar-refractivity contribution < 1.29 is 24.1 Å². The Hall–Kier alpha value is -2.80. The molecule has 0 radical (unpaired) electrons. The number of carbonyl (C=O) groups is 2. The van der Waals surface area contributed by atoms with Gasteiger partial charge in [0.05, 0.1) is 12.9 Å². The molecule has 2 heterocycles. The topological polar surface area (TPSA) is 88.4 Å². The van der Waals surface area contributed by atoms with Gasteiger partial charge in [-0.05, 0) is 31.9 Å². The Labute approximate surface area is 165 Å². The molecule has 1 fully saturated rings. The largest absolute Gasteiger partial charge is 0.463 e. The molecule has 7 heteroatoms. The molecule has 1 aromatic carbocycles. The fourth-order valence-electron chi connectivity index (χ4n) is 3.48. The van der Waals surface area contributed by atoms with Crippen LogP contribution in [-0.4, -0.2) is 49.2 Å². The molecule has 0 unspecified atom stereocenters. The van der Waals surface area contributed by atoms with Crippen LogP contribution in [-0.2, 0) is 9.53 Å². The molecule has 0 bridgehead atoms. The summed E-state index contributed by atoms with van der Waals surface area (Å²) in [5.41, 5.74) is 1.09. The summed E-state index contributed by atoms with van der Waals surface area (Å²) in [4.78, 5) is 25.9. The van der Waals surface area contributed by atoms with Crippen molar-refractivity contribution in [3.8, 4) is 0 Å². The lowest BCUT2D eigenvalue weighted by molar-refractivity contribution is -0.678. The van der Waals surface area contributed by atoms with E-state index in [1.165, 1.54) is 0 Å². The first-order chi connectivity index (χ1) is 13.7. The van der Waals surface area contributed by atoms with E-state index in [9.17, 15) is 9.59 Å². The first-order valence-electron chi connectivity index (χ1n) is 9.80. The quantitative estimate of drug-likeness (QED) is 0.758. The van der Waals surface area contributed by atoms with Crippen LogP contribution in [0.5, 0.6) is 0 Å². The highest BCUT2D eigenvalue weighted by Gasteiger charge is 2.26. The Morgan fingerprint density at radius 1 is 1.21 bits per heavy atom. The Morgan fingerprint density at radius 3 is 2.61 bits per heavy atom. The van der Waals surface area contributed by atoms with E-state index < -0.39 is 0 Å². The normalized spacial score (nSPS) is 15.8. The summed E-state index contributed by atoms with van der Waals surface area (Å²) in [6.45, 7) is 3.69. The number of ether oxygens (including phenoxy) is 1. The van der Waals surface area contributed by atoms with E-state index in [4.69, 9.17) is 9.15 Å². The molecule has 0 saturated carbocycles. The van der Waals surface area contributed by atoms with Crippen molar-refractivity contribution in [2.75, 3.05) is 26.2 Å². The van der Waals surface area contributed by atoms with Gasteiger partial charge in [0.2, 0.25) is 0 Å². The van der Waals surface area contributed by atoms with Crippen LogP contribution >= 0.6 is 0 Å². The lowest BCUT2D eigenvalue weighted by atomic mass is 10.0. The van der Waals surface area contributed by atoms with Gasteiger partial charge in [0, 0.05) is 24.7 Å². The van der Waals surface area contributed by atoms with Crippen LogP contribution in [0, 0.1) is 0 Å². The summed E-state index contributed by atoms with van der Waals surface area (Å²) in [5, 5.41) is 5.07. The van der Waals surface area contributed by atoms with Gasteiger partial charge < -0.3 is 24.7 Å². The molecule has 150 valence electrons. The molecule has 1 atom stereocenters. The first-order valence-corrected chi connectivity index (χ1v) is 9.80. The lowest BCUT2D eigenvalue weighted by Gasteiger charge is -2.31. The Bertz CT molecular complexity index is 740. The van der Waals surface area contributed by atoms with Crippen molar-refractivity contribution in [1.82, 2.24) is 10.2 Å². The first kappa shape index (κ1) is 19.9. The number of carbonyl (C=O) groups excluding carboxylic acids is 2. The van der Waals surface area contributed by atoms with Crippen molar-refractivity contribution in [3.05, 3.63) is 60.1 Å². The van der Waals surface area contributed by atoms with E-state index in [0.29, 0.717) is 26.2 Å². The second-order valence-corrected chi connectivity index (χ2v) is 6.87. The molecule has 3 N–H and O–H groups in total. The Kier molecular flexibility index (Phi) is 7.08. The number of rotatable bonds is 7. The van der Waals surface area contributed by atoms with E-state index in [1.54, 1.807) is 18.1 Å². The summed E-state index contributed by atoms with van der Waals surface area (Å²) in [6.07, 6.45) is 2.86. The molecule has 1 saturated heterocycles. The van der Waals surface area contributed by atoms with Gasteiger partial charge >= 0.3 is 6.09 Å². The fourth-order valence-corrected chi connectivity index (χ4v) is 3.48. The lowest BCUT2D eigenvalue weighted by Crippen LogP contribution is -2.87. The van der Waals surface area contributed by atoms with Crippen molar-refractivity contribution in [2.24, 2.45) is 0 Å². The number of likely N-dealkylation sites (tertiary alicyclic amines) is 1. The summed E-state index contributed by atoms with van der Waals surface area (Å²) in [7, 11) is 0. The van der Waals surface area contributed by atoms with Crippen molar-refractivity contribution >= 4 is 12.0 Å². The van der Waals surface area contributed by atoms with Crippen LogP contribution in [0.4, 0.5) is 4.79 Å². The zero-order valence-corrected chi connectivity index (χ0v) is 16.2. The van der Waals surface area contributed by atoms with E-state index in [2.05, 4.69) is 5.32 Å². The van der Waals surface area contributed by atoms with Crippen molar-refractivity contribution in [1.29, 1.82) is 0 Å². The van der Waals surface area contributed by atoms with Crippen LogP contribution in [0.3, 0.4) is 0 Å². The van der Waals surface area contributed by atoms with Gasteiger partial charge in [-0.25, -0.2) is 4.79 Å². The highest BCUT2D eigenvalue weighted by atomic mass is 16.6. The molecule has 2 aromatic rings. The van der Waals surface area contributed by atoms with Crippen LogP contribution in [0.1, 0.15) is 37.1 Å². The standard InChI is InChI=1S/C21H27N3O4/c1-2-27-21(26)24-12-10-17(11-13-24)23-19(25)15-22-20(18-9-6-14-28-18)16-7-4-3-5-8-16/h3-9,14,17,20,22H,2,10-13,15H2,1H3,(H,23,25)/p+1/t20-/m0/s1. The molecule has 1 aliphatic heterocycles. The third-order valence-corrected chi connectivity index (χ3v) is 4.93. The maximum Gasteiger partial charge on any atom is 0.409 e. The summed E-state index contributed by atoms with van der Waals surface area (Å²) in [5.74, 6) is 0.809. The zero-order valence-electron chi connectivity index (χ0n) is 16.2. The maximum atomic E-state index is 12.5. The molecule has 0 aliphatic carbocycles. The fraction of sp³-hybridized carbons (Fsp3) is 0.429. The monoisotopic (exact) mass is 386 g/mol. The number of nitrogens with zero attached hydrogens (tertiary/aromatic N) is 1. The number of quaternary nitrogens is 1. The van der Waals surface area contributed by atoms with E-state index >= 15 is 0 Å². The molecule has 0 spiro atoms. The summed E-state index contributed by atoms with van der Waals surface area (Å²) < 4.78 is 10.6. The second-order valence-electron chi connectivity index (χ2n) is 6.87. The number of amides is 2. The SMILES string of the molecule is CCOC(=O)N1CCC(NC(=O)C[NH2+][C@@H](c2ccccc2)c2ccco2)CC1.